The summed E-state index contributed by atoms with van der Waals surface area (Å²) >= 11 is 0. The molecule has 0 amide bonds. The lowest BCUT2D eigenvalue weighted by Crippen LogP contribution is -2.46. The van der Waals surface area contributed by atoms with Gasteiger partial charge in [-0.1, -0.05) is 30.3 Å². The first-order valence-electron chi connectivity index (χ1n) is 7.49. The predicted molar refractivity (Wildman–Crippen MR) is 87.7 cm³/mol. The Labute approximate surface area is 126 Å². The van der Waals surface area contributed by atoms with Gasteiger partial charge in [0.25, 0.3) is 0 Å². The van der Waals surface area contributed by atoms with Crippen LogP contribution < -0.4 is 10.2 Å². The largest absolute Gasteiger partial charge is 0.387 e. The van der Waals surface area contributed by atoms with Gasteiger partial charge in [0.15, 0.2) is 0 Å². The highest BCUT2D eigenvalue weighted by atomic mass is 15.3. The van der Waals surface area contributed by atoms with E-state index in [2.05, 4.69) is 56.5 Å². The molecule has 0 aliphatic carbocycles. The minimum Gasteiger partial charge on any atom is -0.387 e. The summed E-state index contributed by atoms with van der Waals surface area (Å²) in [6.07, 6.45) is 3.81. The molecule has 1 N–H and O–H groups in total. The normalized spacial score (nSPS) is 16.0. The van der Waals surface area contributed by atoms with Crippen LogP contribution in [0.3, 0.4) is 0 Å². The van der Waals surface area contributed by atoms with Crippen molar-refractivity contribution in [1.29, 1.82) is 0 Å². The minimum absolute atomic E-state index is 1.05. The first-order chi connectivity index (χ1) is 10.3. The van der Waals surface area contributed by atoms with Crippen LogP contribution in [-0.2, 0) is 6.54 Å². The molecule has 3 rings (SSSR count). The first kappa shape index (κ1) is 13.9. The zero-order valence-electron chi connectivity index (χ0n) is 12.5. The Bertz CT molecular complexity index is 562. The van der Waals surface area contributed by atoms with E-state index in [1.165, 1.54) is 11.3 Å². The summed E-state index contributed by atoms with van der Waals surface area (Å²) in [4.78, 5) is 9.23. The molecule has 2 heterocycles. The number of nitrogens with one attached hydrogen (secondary N) is 1. The van der Waals surface area contributed by atoms with Gasteiger partial charge >= 0.3 is 0 Å². The highest BCUT2D eigenvalue weighted by molar-refractivity contribution is 5.55. The molecule has 0 radical (unpaired) electrons. The number of hydrogen-bond acceptors (Lipinski definition) is 4. The molecule has 0 atom stereocenters. The van der Waals surface area contributed by atoms with Crippen LogP contribution in [0.4, 0.5) is 11.4 Å². The van der Waals surface area contributed by atoms with Gasteiger partial charge in [-0.05, 0) is 11.6 Å². The van der Waals surface area contributed by atoms with Crippen molar-refractivity contribution < 1.29 is 0 Å². The highest BCUT2D eigenvalue weighted by Gasteiger charge is 2.17. The van der Waals surface area contributed by atoms with Crippen molar-refractivity contribution in [3.63, 3.8) is 0 Å². The predicted octanol–water partition coefficient (Wildman–Crippen LogP) is 2.45. The van der Waals surface area contributed by atoms with Crippen molar-refractivity contribution in [2.24, 2.45) is 0 Å². The molecule has 0 spiro atoms. The van der Waals surface area contributed by atoms with Crippen LogP contribution in [0.25, 0.3) is 0 Å². The van der Waals surface area contributed by atoms with Gasteiger partial charge in [-0.3, -0.25) is 9.88 Å². The Hall–Kier alpha value is -2.07. The van der Waals surface area contributed by atoms with Crippen molar-refractivity contribution in [3.8, 4) is 0 Å². The highest BCUT2D eigenvalue weighted by Crippen LogP contribution is 2.19. The lowest BCUT2D eigenvalue weighted by molar-refractivity contribution is 0.250. The number of aromatic nitrogens is 1. The summed E-state index contributed by atoms with van der Waals surface area (Å²) in [7, 11) is 1.93. The molecule has 4 nitrogen and oxygen atoms in total. The summed E-state index contributed by atoms with van der Waals surface area (Å²) in [6, 6.07) is 12.9. The first-order valence-corrected chi connectivity index (χ1v) is 7.49. The van der Waals surface area contributed by atoms with Crippen LogP contribution in [0.1, 0.15) is 5.56 Å². The second-order valence-electron chi connectivity index (χ2n) is 5.43. The molecule has 110 valence electrons. The second-order valence-corrected chi connectivity index (χ2v) is 5.43. The van der Waals surface area contributed by atoms with Crippen molar-refractivity contribution in [2.75, 3.05) is 43.4 Å². The van der Waals surface area contributed by atoms with E-state index in [1.807, 2.05) is 19.4 Å². The Kier molecular flexibility index (Phi) is 4.36. The average molecular weight is 282 g/mol. The maximum Gasteiger partial charge on any atom is 0.0574 e. The summed E-state index contributed by atoms with van der Waals surface area (Å²) in [6.45, 7) is 5.35. The lowest BCUT2D eigenvalue weighted by atomic mass is 10.2. The molecule has 4 heteroatoms. The number of anilines is 2. The van der Waals surface area contributed by atoms with Crippen LogP contribution in [0.5, 0.6) is 0 Å². The third-order valence-electron chi connectivity index (χ3n) is 4.00. The molecular formula is C17H22N4. The zero-order valence-corrected chi connectivity index (χ0v) is 12.5. The number of pyridine rings is 1. The Balaban J connectivity index is 1.57. The van der Waals surface area contributed by atoms with Gasteiger partial charge in [0.05, 0.1) is 23.8 Å². The third-order valence-corrected chi connectivity index (χ3v) is 4.00. The molecule has 1 aromatic carbocycles. The van der Waals surface area contributed by atoms with Gasteiger partial charge in [0.1, 0.15) is 0 Å². The van der Waals surface area contributed by atoms with E-state index in [0.717, 1.165) is 38.4 Å². The SMILES string of the molecule is CNc1cncc(N2CCN(Cc3ccccc3)CC2)c1. The molecule has 2 aromatic rings. The molecule has 1 aromatic heterocycles. The molecule has 0 unspecified atom stereocenters. The van der Waals surface area contributed by atoms with Gasteiger partial charge in [-0.2, -0.15) is 0 Å². The molecule has 0 saturated carbocycles. The molecule has 0 bridgehead atoms. The summed E-state index contributed by atoms with van der Waals surface area (Å²) in [5, 5.41) is 3.15. The maximum atomic E-state index is 4.30. The van der Waals surface area contributed by atoms with Crippen LogP contribution in [0.15, 0.2) is 48.8 Å². The lowest BCUT2D eigenvalue weighted by Gasteiger charge is -2.36. The number of hydrogen-bond donors (Lipinski definition) is 1. The quantitative estimate of drug-likeness (QED) is 0.933. The minimum atomic E-state index is 1.05. The molecule has 1 aliphatic rings. The van der Waals surface area contributed by atoms with Crippen LogP contribution in [0, 0.1) is 0 Å². The number of piperazine rings is 1. The van der Waals surface area contributed by atoms with Crippen molar-refractivity contribution in [2.45, 2.75) is 6.54 Å². The van der Waals surface area contributed by atoms with Crippen molar-refractivity contribution in [3.05, 3.63) is 54.4 Å². The zero-order chi connectivity index (χ0) is 14.5. The molecule has 21 heavy (non-hydrogen) atoms. The fourth-order valence-electron chi connectivity index (χ4n) is 2.74. The van der Waals surface area contributed by atoms with E-state index < -0.39 is 0 Å². The molecule has 1 aliphatic heterocycles. The van der Waals surface area contributed by atoms with Crippen molar-refractivity contribution in [1.82, 2.24) is 9.88 Å². The third kappa shape index (κ3) is 3.52. The van der Waals surface area contributed by atoms with Crippen molar-refractivity contribution >= 4 is 11.4 Å². The fraction of sp³-hybridized carbons (Fsp3) is 0.353. The summed E-state index contributed by atoms with van der Waals surface area (Å²) in [5.74, 6) is 0. The van der Waals surface area contributed by atoms with Gasteiger partial charge < -0.3 is 10.2 Å². The van der Waals surface area contributed by atoms with Gasteiger partial charge in [0, 0.05) is 39.8 Å². The van der Waals surface area contributed by atoms with Gasteiger partial charge in [-0.25, -0.2) is 0 Å². The summed E-state index contributed by atoms with van der Waals surface area (Å²) in [5.41, 5.74) is 3.67. The summed E-state index contributed by atoms with van der Waals surface area (Å²) < 4.78 is 0. The molecule has 1 fully saturated rings. The Morgan fingerprint density at radius 1 is 1.05 bits per heavy atom. The van der Waals surface area contributed by atoms with E-state index in [0.29, 0.717) is 0 Å². The van der Waals surface area contributed by atoms with Gasteiger partial charge in [-0.15, -0.1) is 0 Å². The molecular weight excluding hydrogens is 260 g/mol. The van der Waals surface area contributed by atoms with E-state index in [-0.39, 0.29) is 0 Å². The number of rotatable bonds is 4. The maximum absolute atomic E-state index is 4.30. The van der Waals surface area contributed by atoms with Gasteiger partial charge in [0.2, 0.25) is 0 Å². The average Bonchev–Trinajstić information content (AvgIpc) is 2.56. The Morgan fingerprint density at radius 2 is 1.81 bits per heavy atom. The van der Waals surface area contributed by atoms with E-state index in [9.17, 15) is 0 Å². The smallest absolute Gasteiger partial charge is 0.0574 e. The van der Waals surface area contributed by atoms with Crippen LogP contribution in [-0.4, -0.2) is 43.1 Å². The second kappa shape index (κ2) is 6.59. The molecule has 1 saturated heterocycles. The van der Waals surface area contributed by atoms with E-state index >= 15 is 0 Å². The monoisotopic (exact) mass is 282 g/mol. The van der Waals surface area contributed by atoms with E-state index in [1.54, 1.807) is 0 Å². The number of nitrogens with zero attached hydrogens (tertiary/aromatic N) is 3. The Morgan fingerprint density at radius 3 is 2.52 bits per heavy atom. The van der Waals surface area contributed by atoms with Crippen LogP contribution >= 0.6 is 0 Å². The number of benzene rings is 1. The topological polar surface area (TPSA) is 31.4 Å². The van der Waals surface area contributed by atoms with Crippen LogP contribution in [0.2, 0.25) is 0 Å². The standard InChI is InChI=1S/C17H22N4/c1-18-16-11-17(13-19-12-16)21-9-7-20(8-10-21)14-15-5-3-2-4-6-15/h2-6,11-13,18H,7-10,14H2,1H3. The van der Waals surface area contributed by atoms with E-state index in [4.69, 9.17) is 0 Å². The fourth-order valence-corrected chi connectivity index (χ4v) is 2.74.